The zero-order chi connectivity index (χ0) is 69.6. The molecule has 12 N–H and O–H groups in total. The Morgan fingerprint density at radius 2 is 0.729 bits per heavy atom. The summed E-state index contributed by atoms with van der Waals surface area (Å²) >= 11 is 0. The normalized spacial score (nSPS) is 27.6. The first-order chi connectivity index (χ1) is 46.8. The van der Waals surface area contributed by atoms with Crippen LogP contribution in [0.25, 0.3) is 0 Å². The SMILES string of the molecule is CC/C=C\C/C=C\C/C=C\C/C=C\C/C=C\CCCCCCCCCCCCCC(=O)NC(COC1OC(CO)C(OC2OC(CO)C(OC3OC(CO)C(O)C(O)C3O)C(O)C2O)C(O)C1O)C(O)/C=C/CC/C=C/CC/C=C/CCCCCCCCCCCCCCCC. The lowest BCUT2D eigenvalue weighted by atomic mass is 9.96. The Hall–Kier alpha value is -3.29. The van der Waals surface area contributed by atoms with Crippen molar-refractivity contribution in [1.29, 1.82) is 0 Å². The van der Waals surface area contributed by atoms with Crippen molar-refractivity contribution >= 4 is 5.91 Å². The molecule has 96 heavy (non-hydrogen) atoms. The summed E-state index contributed by atoms with van der Waals surface area (Å²) in [4.78, 5) is 13.4. The predicted molar refractivity (Wildman–Crippen MR) is 378 cm³/mol. The summed E-state index contributed by atoms with van der Waals surface area (Å²) in [5.41, 5.74) is 0. The molecule has 17 atom stereocenters. The van der Waals surface area contributed by atoms with Gasteiger partial charge >= 0.3 is 0 Å². The molecule has 3 aliphatic rings. The fraction of sp³-hybridized carbons (Fsp3) is 0.779. The fourth-order valence-electron chi connectivity index (χ4n) is 12.1. The molecule has 1 amide bonds. The third-order valence-corrected chi connectivity index (χ3v) is 18.1. The van der Waals surface area contributed by atoms with E-state index in [1.165, 1.54) is 128 Å². The van der Waals surface area contributed by atoms with E-state index in [1.807, 2.05) is 6.08 Å². The summed E-state index contributed by atoms with van der Waals surface area (Å²) in [5, 5.41) is 121. The lowest BCUT2D eigenvalue weighted by Gasteiger charge is -2.48. The van der Waals surface area contributed by atoms with Crippen molar-refractivity contribution in [2.45, 2.75) is 356 Å². The van der Waals surface area contributed by atoms with Crippen molar-refractivity contribution in [2.75, 3.05) is 26.4 Å². The second kappa shape index (κ2) is 57.3. The minimum Gasteiger partial charge on any atom is -0.394 e. The van der Waals surface area contributed by atoms with Crippen LogP contribution >= 0.6 is 0 Å². The van der Waals surface area contributed by atoms with Gasteiger partial charge in [0.05, 0.1) is 38.6 Å². The molecule has 0 aromatic carbocycles. The number of nitrogens with one attached hydrogen (secondary N) is 1. The van der Waals surface area contributed by atoms with Crippen molar-refractivity contribution in [3.63, 3.8) is 0 Å². The van der Waals surface area contributed by atoms with Gasteiger partial charge in [-0.05, 0) is 89.9 Å². The smallest absolute Gasteiger partial charge is 0.220 e. The van der Waals surface area contributed by atoms with E-state index in [0.717, 1.165) is 89.9 Å². The van der Waals surface area contributed by atoms with Crippen LogP contribution in [0.15, 0.2) is 97.2 Å². The molecule has 19 heteroatoms. The molecule has 0 aromatic heterocycles. The lowest BCUT2D eigenvalue weighted by molar-refractivity contribution is -0.379. The number of amides is 1. The minimum absolute atomic E-state index is 0.223. The second-order valence-corrected chi connectivity index (χ2v) is 26.4. The molecule has 0 radical (unpaired) electrons. The van der Waals surface area contributed by atoms with Gasteiger partial charge in [0.1, 0.15) is 73.2 Å². The van der Waals surface area contributed by atoms with Crippen molar-refractivity contribution in [1.82, 2.24) is 5.32 Å². The largest absolute Gasteiger partial charge is 0.394 e. The highest BCUT2D eigenvalue weighted by Gasteiger charge is 2.53. The third kappa shape index (κ3) is 37.9. The van der Waals surface area contributed by atoms with Gasteiger partial charge in [-0.3, -0.25) is 4.79 Å². The van der Waals surface area contributed by atoms with E-state index in [2.05, 4.69) is 104 Å². The zero-order valence-electron chi connectivity index (χ0n) is 58.8. The van der Waals surface area contributed by atoms with Crippen LogP contribution in [0.1, 0.15) is 251 Å². The van der Waals surface area contributed by atoms with Gasteiger partial charge < -0.3 is 89.9 Å². The predicted octanol–water partition coefficient (Wildman–Crippen LogP) is 11.2. The standard InChI is InChI=1S/C77H133NO18/c1-3-5-7-9-11-13-15-17-19-21-23-25-27-29-30-31-33-35-37-39-41-43-45-47-49-51-53-55-65(83)78-60(61(82)54-52-50-48-46-44-42-40-38-36-34-32-28-26-24-22-20-18-16-14-12-10-8-6-4-2)59-91-75-71(89)68(86)73(63(57-80)93-75)96-77-72(90)69(87)74(64(58-81)94-77)95-76-70(88)67(85)66(84)62(56-79)92-76/h5,7,11,13,17,19,23,25,29-30,36,38,44,46,52,54,60-64,66-77,79-82,84-90H,3-4,6,8-10,12,14-16,18,20-22,24,26-28,31-35,37,39-43,45,47-51,53,55-59H2,1-2H3,(H,78,83)/b7-5-,13-11-,19-17-,25-23-,30-29-,38-36+,46-44+,54-52+. The Kier molecular flexibility index (Phi) is 51.9. The maximum Gasteiger partial charge on any atom is 0.220 e. The number of hydrogen-bond donors (Lipinski definition) is 12. The summed E-state index contributed by atoms with van der Waals surface area (Å²) in [7, 11) is 0. The van der Waals surface area contributed by atoms with Crippen LogP contribution in [0.5, 0.6) is 0 Å². The molecule has 19 nitrogen and oxygen atoms in total. The average Bonchev–Trinajstić information content (AvgIpc) is 1.09. The molecule has 3 rings (SSSR count). The first kappa shape index (κ1) is 86.9. The molecule has 0 aliphatic carbocycles. The van der Waals surface area contributed by atoms with Gasteiger partial charge in [0, 0.05) is 6.42 Å². The Labute approximate surface area is 577 Å². The first-order valence-corrected chi connectivity index (χ1v) is 37.5. The van der Waals surface area contributed by atoms with Gasteiger partial charge in [0.15, 0.2) is 18.9 Å². The van der Waals surface area contributed by atoms with Crippen LogP contribution in [0.4, 0.5) is 0 Å². The Balaban J connectivity index is 1.43. The molecule has 3 heterocycles. The highest BCUT2D eigenvalue weighted by molar-refractivity contribution is 5.76. The van der Waals surface area contributed by atoms with E-state index in [1.54, 1.807) is 6.08 Å². The van der Waals surface area contributed by atoms with E-state index in [9.17, 15) is 61.0 Å². The van der Waals surface area contributed by atoms with Crippen molar-refractivity contribution < 1.29 is 89.4 Å². The third-order valence-electron chi connectivity index (χ3n) is 18.1. The lowest BCUT2D eigenvalue weighted by Crippen LogP contribution is -2.66. The van der Waals surface area contributed by atoms with Gasteiger partial charge in [-0.2, -0.15) is 0 Å². The number of aliphatic hydroxyl groups excluding tert-OH is 11. The molecule has 0 bridgehead atoms. The molecular weight excluding hydrogens is 1230 g/mol. The van der Waals surface area contributed by atoms with Gasteiger partial charge in [-0.15, -0.1) is 0 Å². The second-order valence-electron chi connectivity index (χ2n) is 26.4. The van der Waals surface area contributed by atoms with Crippen LogP contribution in [-0.2, 0) is 33.2 Å². The molecule has 17 unspecified atom stereocenters. The quantitative estimate of drug-likeness (QED) is 0.0199. The van der Waals surface area contributed by atoms with Crippen LogP contribution in [0.2, 0.25) is 0 Å². The van der Waals surface area contributed by atoms with Crippen LogP contribution in [-0.4, -0.2) is 193 Å². The average molecular weight is 1360 g/mol. The van der Waals surface area contributed by atoms with Crippen molar-refractivity contribution in [3.8, 4) is 0 Å². The number of rotatable bonds is 57. The van der Waals surface area contributed by atoms with Gasteiger partial charge in [-0.25, -0.2) is 0 Å². The van der Waals surface area contributed by atoms with Gasteiger partial charge in [-0.1, -0.05) is 252 Å². The Morgan fingerprint density at radius 1 is 0.385 bits per heavy atom. The molecular formula is C77H133NO18. The number of carbonyl (C=O) groups excluding carboxylic acids is 1. The number of carbonyl (C=O) groups is 1. The van der Waals surface area contributed by atoms with E-state index < -0.39 is 124 Å². The fourth-order valence-corrected chi connectivity index (χ4v) is 12.1. The number of unbranched alkanes of at least 4 members (excludes halogenated alkanes) is 27. The van der Waals surface area contributed by atoms with Crippen LogP contribution < -0.4 is 5.32 Å². The summed E-state index contributed by atoms with van der Waals surface area (Å²) in [6, 6.07) is -1.01. The molecule has 3 fully saturated rings. The molecule has 0 aromatic rings. The molecule has 554 valence electrons. The maximum atomic E-state index is 13.4. The van der Waals surface area contributed by atoms with Crippen molar-refractivity contribution in [2.24, 2.45) is 0 Å². The Bertz CT molecular complexity index is 2110. The van der Waals surface area contributed by atoms with E-state index in [4.69, 9.17) is 28.4 Å². The van der Waals surface area contributed by atoms with E-state index in [0.29, 0.717) is 12.8 Å². The number of aliphatic hydroxyl groups is 11. The van der Waals surface area contributed by atoms with Gasteiger partial charge in [0.2, 0.25) is 5.91 Å². The van der Waals surface area contributed by atoms with E-state index >= 15 is 0 Å². The summed E-state index contributed by atoms with van der Waals surface area (Å²) < 4.78 is 34.4. The maximum absolute atomic E-state index is 13.4. The highest BCUT2D eigenvalue weighted by Crippen LogP contribution is 2.33. The molecule has 0 spiro atoms. The minimum atomic E-state index is -1.99. The molecule has 0 saturated carbocycles. The number of ether oxygens (including phenoxy) is 6. The zero-order valence-corrected chi connectivity index (χ0v) is 58.8. The Morgan fingerprint density at radius 3 is 1.17 bits per heavy atom. The van der Waals surface area contributed by atoms with Gasteiger partial charge in [0.25, 0.3) is 0 Å². The number of allylic oxidation sites excluding steroid dienone is 15. The monoisotopic (exact) mass is 1360 g/mol. The van der Waals surface area contributed by atoms with Crippen LogP contribution in [0, 0.1) is 0 Å². The highest BCUT2D eigenvalue weighted by atomic mass is 16.8. The molecule has 3 aliphatic heterocycles. The summed E-state index contributed by atoms with van der Waals surface area (Å²) in [6.45, 7) is 1.60. The summed E-state index contributed by atoms with van der Waals surface area (Å²) in [6.07, 6.45) is 49.5. The first-order valence-electron chi connectivity index (χ1n) is 37.5. The summed E-state index contributed by atoms with van der Waals surface area (Å²) in [5.74, 6) is -0.295. The number of hydrogen-bond acceptors (Lipinski definition) is 18. The van der Waals surface area contributed by atoms with Crippen LogP contribution in [0.3, 0.4) is 0 Å². The van der Waals surface area contributed by atoms with E-state index in [-0.39, 0.29) is 18.9 Å². The topological polar surface area (TPSA) is 307 Å². The van der Waals surface area contributed by atoms with Crippen molar-refractivity contribution in [3.05, 3.63) is 97.2 Å². The molecule has 3 saturated heterocycles.